The van der Waals surface area contributed by atoms with Crippen molar-refractivity contribution in [2.75, 3.05) is 17.1 Å². The van der Waals surface area contributed by atoms with Crippen LogP contribution in [0.4, 0.5) is 5.69 Å². The van der Waals surface area contributed by atoms with Crippen LogP contribution in [0.2, 0.25) is 5.02 Å². The van der Waals surface area contributed by atoms with E-state index in [0.29, 0.717) is 16.5 Å². The predicted octanol–water partition coefficient (Wildman–Crippen LogP) is 3.31. The van der Waals surface area contributed by atoms with E-state index in [1.54, 1.807) is 12.1 Å². The first-order chi connectivity index (χ1) is 13.2. The topological polar surface area (TPSA) is 75.7 Å². The molecule has 150 valence electrons. The zero-order valence-corrected chi connectivity index (χ0v) is 17.5. The van der Waals surface area contributed by atoms with E-state index in [1.807, 2.05) is 31.2 Å². The lowest BCUT2D eigenvalue weighted by atomic mass is 10.0. The van der Waals surface area contributed by atoms with Gasteiger partial charge in [-0.15, -0.1) is 0 Å². The van der Waals surface area contributed by atoms with Gasteiger partial charge in [-0.05, 0) is 42.7 Å². The number of anilines is 1. The van der Waals surface area contributed by atoms with Crippen molar-refractivity contribution < 1.29 is 17.9 Å². The number of benzene rings is 2. The minimum Gasteiger partial charge on any atom is -0.476 e. The number of nitrogens with zero attached hydrogens (tertiary/aromatic N) is 1. The van der Waals surface area contributed by atoms with E-state index in [1.165, 1.54) is 11.6 Å². The van der Waals surface area contributed by atoms with Gasteiger partial charge < -0.3 is 10.1 Å². The minimum absolute atomic E-state index is 0.112. The predicted molar refractivity (Wildman–Crippen MR) is 110 cm³/mol. The molecule has 1 amide bonds. The fourth-order valence-electron chi connectivity index (χ4n) is 3.11. The summed E-state index contributed by atoms with van der Waals surface area (Å²) in [5.74, 6) is -0.0671. The molecular formula is C20H23ClN2O4S. The number of nitrogens with one attached hydrogen (secondary N) is 1. The number of sulfonamides is 1. The smallest absolute Gasteiger partial charge is 0.263 e. The Labute approximate surface area is 170 Å². The Morgan fingerprint density at radius 1 is 1.29 bits per heavy atom. The molecule has 1 aliphatic rings. The van der Waals surface area contributed by atoms with Crippen molar-refractivity contribution in [1.82, 2.24) is 5.32 Å². The summed E-state index contributed by atoms with van der Waals surface area (Å²) in [7, 11) is -3.60. The molecule has 28 heavy (non-hydrogen) atoms. The van der Waals surface area contributed by atoms with Crippen LogP contribution in [-0.4, -0.2) is 33.2 Å². The van der Waals surface area contributed by atoms with Gasteiger partial charge in [0, 0.05) is 5.02 Å². The minimum atomic E-state index is -3.60. The summed E-state index contributed by atoms with van der Waals surface area (Å²) in [6, 6.07) is 12.5. The van der Waals surface area contributed by atoms with Gasteiger partial charge in [-0.1, -0.05) is 42.8 Å². The molecule has 0 radical (unpaired) electrons. The number of ether oxygens (including phenoxy) is 1. The first kappa shape index (κ1) is 20.5. The number of fused-ring (bicyclic) bond motifs is 1. The van der Waals surface area contributed by atoms with Crippen LogP contribution in [0.5, 0.6) is 5.75 Å². The third-order valence-corrected chi connectivity index (χ3v) is 6.11. The zero-order chi connectivity index (χ0) is 20.5. The van der Waals surface area contributed by atoms with Gasteiger partial charge in [0.1, 0.15) is 5.75 Å². The molecule has 3 rings (SSSR count). The van der Waals surface area contributed by atoms with Gasteiger partial charge in [-0.2, -0.15) is 0 Å². The number of aryl methyl sites for hydroxylation is 1. The summed E-state index contributed by atoms with van der Waals surface area (Å²) in [6.45, 7) is 3.85. The lowest BCUT2D eigenvalue weighted by Crippen LogP contribution is -2.50. The average Bonchev–Trinajstić information content (AvgIpc) is 2.66. The van der Waals surface area contributed by atoms with Crippen molar-refractivity contribution in [2.24, 2.45) is 0 Å². The fraction of sp³-hybridized carbons (Fsp3) is 0.350. The summed E-state index contributed by atoms with van der Waals surface area (Å²) in [6.07, 6.45) is 1.08. The van der Waals surface area contributed by atoms with Crippen LogP contribution >= 0.6 is 11.6 Å². The van der Waals surface area contributed by atoms with E-state index in [2.05, 4.69) is 12.2 Å². The highest BCUT2D eigenvalue weighted by molar-refractivity contribution is 7.92. The van der Waals surface area contributed by atoms with Crippen molar-refractivity contribution in [3.63, 3.8) is 0 Å². The molecule has 0 saturated carbocycles. The van der Waals surface area contributed by atoms with Crippen molar-refractivity contribution in [1.29, 1.82) is 0 Å². The highest BCUT2D eigenvalue weighted by Crippen LogP contribution is 2.37. The SMILES string of the molecule is CCc1ccc([C@H](C)NC(=O)[C@@H]2CN(S(C)(=O)=O)c3cc(Cl)ccc3O2)cc1. The molecule has 0 bridgehead atoms. The highest BCUT2D eigenvalue weighted by Gasteiger charge is 2.35. The Morgan fingerprint density at radius 2 is 1.96 bits per heavy atom. The number of carbonyl (C=O) groups is 1. The zero-order valence-electron chi connectivity index (χ0n) is 16.0. The second-order valence-electron chi connectivity index (χ2n) is 6.84. The van der Waals surface area contributed by atoms with Crippen LogP contribution in [0.15, 0.2) is 42.5 Å². The Kier molecular flexibility index (Phi) is 5.86. The maximum absolute atomic E-state index is 12.8. The lowest BCUT2D eigenvalue weighted by molar-refractivity contribution is -0.128. The fourth-order valence-corrected chi connectivity index (χ4v) is 4.18. The third-order valence-electron chi connectivity index (χ3n) is 4.73. The number of rotatable bonds is 5. The molecule has 1 heterocycles. The largest absolute Gasteiger partial charge is 0.476 e. The highest BCUT2D eigenvalue weighted by atomic mass is 35.5. The maximum atomic E-state index is 12.8. The molecule has 0 unspecified atom stereocenters. The molecular weight excluding hydrogens is 400 g/mol. The van der Waals surface area contributed by atoms with E-state index < -0.39 is 16.1 Å². The molecule has 2 aromatic carbocycles. The summed E-state index contributed by atoms with van der Waals surface area (Å²) < 4.78 is 31.4. The summed E-state index contributed by atoms with van der Waals surface area (Å²) in [4.78, 5) is 12.8. The summed E-state index contributed by atoms with van der Waals surface area (Å²) in [5, 5.41) is 3.30. The molecule has 0 aromatic heterocycles. The quantitative estimate of drug-likeness (QED) is 0.802. The van der Waals surface area contributed by atoms with E-state index in [4.69, 9.17) is 16.3 Å². The number of hydrogen-bond donors (Lipinski definition) is 1. The molecule has 0 spiro atoms. The molecule has 1 aliphatic heterocycles. The summed E-state index contributed by atoms with van der Waals surface area (Å²) >= 11 is 5.99. The van der Waals surface area contributed by atoms with Crippen molar-refractivity contribution in [2.45, 2.75) is 32.4 Å². The van der Waals surface area contributed by atoms with E-state index >= 15 is 0 Å². The normalized spacial score (nSPS) is 17.4. The Bertz CT molecular complexity index is 976. The first-order valence-corrected chi connectivity index (χ1v) is 11.2. The van der Waals surface area contributed by atoms with Gasteiger partial charge in [0.2, 0.25) is 10.0 Å². The van der Waals surface area contributed by atoms with E-state index in [0.717, 1.165) is 22.5 Å². The lowest BCUT2D eigenvalue weighted by Gasteiger charge is -2.34. The van der Waals surface area contributed by atoms with E-state index in [-0.39, 0.29) is 18.5 Å². The molecule has 2 atom stereocenters. The van der Waals surface area contributed by atoms with Crippen LogP contribution in [0.1, 0.15) is 31.0 Å². The second kappa shape index (κ2) is 8.01. The Morgan fingerprint density at radius 3 is 2.57 bits per heavy atom. The van der Waals surface area contributed by atoms with Gasteiger partial charge in [0.25, 0.3) is 5.91 Å². The molecule has 0 aliphatic carbocycles. The number of halogens is 1. The summed E-state index contributed by atoms with van der Waals surface area (Å²) in [5.41, 5.74) is 2.52. The Hall–Kier alpha value is -2.25. The van der Waals surface area contributed by atoms with Gasteiger partial charge in [-0.3, -0.25) is 9.10 Å². The van der Waals surface area contributed by atoms with Gasteiger partial charge in [-0.25, -0.2) is 8.42 Å². The van der Waals surface area contributed by atoms with Crippen LogP contribution in [0.3, 0.4) is 0 Å². The van der Waals surface area contributed by atoms with Crippen LogP contribution in [0.25, 0.3) is 0 Å². The average molecular weight is 423 g/mol. The van der Waals surface area contributed by atoms with Gasteiger partial charge in [0.15, 0.2) is 6.10 Å². The molecule has 1 N–H and O–H groups in total. The molecule has 0 saturated heterocycles. The van der Waals surface area contributed by atoms with Gasteiger partial charge >= 0.3 is 0 Å². The standard InChI is InChI=1S/C20H23ClN2O4S/c1-4-14-5-7-15(8-6-14)13(2)22-20(24)19-12-23(28(3,25)26)17-11-16(21)9-10-18(17)27-19/h5-11,13,19H,4,12H2,1-3H3,(H,22,24)/t13-,19-/m0/s1. The van der Waals surface area contributed by atoms with Crippen LogP contribution in [-0.2, 0) is 21.2 Å². The number of hydrogen-bond acceptors (Lipinski definition) is 4. The monoisotopic (exact) mass is 422 g/mol. The molecule has 8 heteroatoms. The second-order valence-corrected chi connectivity index (χ2v) is 9.18. The van der Waals surface area contributed by atoms with Crippen LogP contribution in [0, 0.1) is 0 Å². The molecule has 2 aromatic rings. The van der Waals surface area contributed by atoms with E-state index in [9.17, 15) is 13.2 Å². The number of amides is 1. The maximum Gasteiger partial charge on any atom is 0.263 e. The Balaban J connectivity index is 1.79. The van der Waals surface area contributed by atoms with Gasteiger partial charge in [0.05, 0.1) is 24.5 Å². The van der Waals surface area contributed by atoms with Crippen LogP contribution < -0.4 is 14.4 Å². The van der Waals surface area contributed by atoms with Crippen molar-refractivity contribution >= 4 is 33.2 Å². The number of carbonyl (C=O) groups excluding carboxylic acids is 1. The molecule has 0 fully saturated rings. The molecule has 6 nitrogen and oxygen atoms in total. The first-order valence-electron chi connectivity index (χ1n) is 9.02. The van der Waals surface area contributed by atoms with Crippen molar-refractivity contribution in [3.05, 3.63) is 58.6 Å². The third kappa shape index (κ3) is 4.42. The van der Waals surface area contributed by atoms with Crippen molar-refractivity contribution in [3.8, 4) is 5.75 Å².